The zero-order chi connectivity index (χ0) is 23.8. The van der Waals surface area contributed by atoms with Crippen molar-refractivity contribution < 1.29 is 14.7 Å². The van der Waals surface area contributed by atoms with E-state index in [4.69, 9.17) is 0 Å². The van der Waals surface area contributed by atoms with Crippen LogP contribution in [0.1, 0.15) is 42.5 Å². The maximum Gasteiger partial charge on any atom is 0.300 e. The Morgan fingerprint density at radius 1 is 0.794 bits per heavy atom. The van der Waals surface area contributed by atoms with Crippen molar-refractivity contribution in [3.05, 3.63) is 119 Å². The molecule has 5 rings (SSSR count). The Morgan fingerprint density at radius 2 is 1.44 bits per heavy atom. The normalized spacial score (nSPS) is 17.6. The highest BCUT2D eigenvalue weighted by Crippen LogP contribution is 2.42. The highest BCUT2D eigenvalue weighted by atomic mass is 16.3. The Balaban J connectivity index is 1.69. The molecular formula is C30H25NO3. The zero-order valence-corrected chi connectivity index (χ0v) is 19.1. The second-order valence-electron chi connectivity index (χ2n) is 8.89. The molecule has 4 nitrogen and oxygen atoms in total. The lowest BCUT2D eigenvalue weighted by Gasteiger charge is -2.25. The van der Waals surface area contributed by atoms with Gasteiger partial charge in [0.15, 0.2) is 0 Å². The number of fused-ring (bicyclic) bond motifs is 1. The lowest BCUT2D eigenvalue weighted by molar-refractivity contribution is -0.132. The number of carbonyl (C=O) groups excluding carboxylic acids is 2. The Bertz CT molecular complexity index is 1420. The summed E-state index contributed by atoms with van der Waals surface area (Å²) in [6.45, 7) is 4.21. The largest absolute Gasteiger partial charge is 0.507 e. The summed E-state index contributed by atoms with van der Waals surface area (Å²) in [5.41, 5.74) is 3.13. The number of ketones is 1. The third-order valence-electron chi connectivity index (χ3n) is 6.42. The lowest BCUT2D eigenvalue weighted by Crippen LogP contribution is -2.29. The number of Topliss-reactive ketones (excluding diaryl/α,β-unsaturated/α-hetero) is 1. The van der Waals surface area contributed by atoms with E-state index in [2.05, 4.69) is 13.8 Å². The fourth-order valence-corrected chi connectivity index (χ4v) is 4.56. The Labute approximate surface area is 198 Å². The summed E-state index contributed by atoms with van der Waals surface area (Å²) >= 11 is 0. The molecule has 1 amide bonds. The van der Waals surface area contributed by atoms with Crippen molar-refractivity contribution in [1.82, 2.24) is 0 Å². The number of amides is 1. The van der Waals surface area contributed by atoms with Crippen LogP contribution in [0.3, 0.4) is 0 Å². The molecule has 1 aliphatic heterocycles. The summed E-state index contributed by atoms with van der Waals surface area (Å²) in [5, 5.41) is 13.3. The SMILES string of the molecule is CC(C)c1ccc(N2C(=O)C(=O)/C(=C(\O)c3ccc4ccccc4c3)C2c2ccccc2)cc1. The molecule has 1 N–H and O–H groups in total. The molecule has 0 aromatic heterocycles. The van der Waals surface area contributed by atoms with Crippen LogP contribution in [0.5, 0.6) is 0 Å². The summed E-state index contributed by atoms with van der Waals surface area (Å²) in [6.07, 6.45) is 0. The van der Waals surface area contributed by atoms with Crippen LogP contribution in [0.25, 0.3) is 16.5 Å². The standard InChI is InChI=1S/C30H25NO3/c1-19(2)20-14-16-25(17-15-20)31-27(22-9-4-3-5-10-22)26(29(33)30(31)34)28(32)24-13-12-21-8-6-7-11-23(21)18-24/h3-19,27,32H,1-2H3/b28-26-. The second-order valence-corrected chi connectivity index (χ2v) is 8.89. The average molecular weight is 448 g/mol. The summed E-state index contributed by atoms with van der Waals surface area (Å²) < 4.78 is 0. The smallest absolute Gasteiger partial charge is 0.300 e. The molecule has 4 aromatic carbocycles. The number of anilines is 1. The van der Waals surface area contributed by atoms with Gasteiger partial charge in [-0.1, -0.05) is 92.7 Å². The lowest BCUT2D eigenvalue weighted by atomic mass is 9.94. The minimum atomic E-state index is -0.724. The van der Waals surface area contributed by atoms with Crippen LogP contribution in [0, 0.1) is 0 Å². The van der Waals surface area contributed by atoms with Crippen LogP contribution in [0.4, 0.5) is 5.69 Å². The zero-order valence-electron chi connectivity index (χ0n) is 19.1. The van der Waals surface area contributed by atoms with E-state index in [0.717, 1.165) is 21.9 Å². The van der Waals surface area contributed by atoms with Crippen LogP contribution >= 0.6 is 0 Å². The van der Waals surface area contributed by atoms with Crippen LogP contribution < -0.4 is 4.90 Å². The number of hydrogen-bond donors (Lipinski definition) is 1. The van der Waals surface area contributed by atoms with Crippen LogP contribution in [0.15, 0.2) is 103 Å². The van der Waals surface area contributed by atoms with Crippen LogP contribution in [-0.4, -0.2) is 16.8 Å². The minimum absolute atomic E-state index is 0.0967. The van der Waals surface area contributed by atoms with Crippen molar-refractivity contribution in [2.24, 2.45) is 0 Å². The first-order chi connectivity index (χ1) is 16.5. The number of nitrogens with zero attached hydrogens (tertiary/aromatic N) is 1. The molecule has 168 valence electrons. The van der Waals surface area contributed by atoms with Crippen molar-refractivity contribution in [3.63, 3.8) is 0 Å². The molecule has 0 radical (unpaired) electrons. The molecule has 1 unspecified atom stereocenters. The van der Waals surface area contributed by atoms with Crippen molar-refractivity contribution >= 4 is 33.9 Å². The molecule has 1 aliphatic rings. The molecule has 1 atom stereocenters. The average Bonchev–Trinajstić information content (AvgIpc) is 3.14. The molecule has 1 saturated heterocycles. The fourth-order valence-electron chi connectivity index (χ4n) is 4.56. The fraction of sp³-hybridized carbons (Fsp3) is 0.133. The van der Waals surface area contributed by atoms with E-state index in [1.807, 2.05) is 91.0 Å². The van der Waals surface area contributed by atoms with Gasteiger partial charge in [0.25, 0.3) is 11.7 Å². The maximum atomic E-state index is 13.3. The molecule has 4 aromatic rings. The molecular weight excluding hydrogens is 422 g/mol. The minimum Gasteiger partial charge on any atom is -0.507 e. The predicted molar refractivity (Wildman–Crippen MR) is 136 cm³/mol. The number of carbonyl (C=O) groups is 2. The van der Waals surface area contributed by atoms with Crippen molar-refractivity contribution in [2.45, 2.75) is 25.8 Å². The number of hydrogen-bond acceptors (Lipinski definition) is 3. The van der Waals surface area contributed by atoms with Gasteiger partial charge in [-0.3, -0.25) is 14.5 Å². The summed E-state index contributed by atoms with van der Waals surface area (Å²) in [7, 11) is 0. The molecule has 1 heterocycles. The Kier molecular flexibility index (Phi) is 5.50. The monoisotopic (exact) mass is 447 g/mol. The molecule has 34 heavy (non-hydrogen) atoms. The van der Waals surface area contributed by atoms with E-state index in [0.29, 0.717) is 17.2 Å². The van der Waals surface area contributed by atoms with Gasteiger partial charge in [-0.15, -0.1) is 0 Å². The summed E-state index contributed by atoms with van der Waals surface area (Å²) in [5.74, 6) is -1.15. The Hall–Kier alpha value is -4.18. The third kappa shape index (κ3) is 3.67. The van der Waals surface area contributed by atoms with Gasteiger partial charge in [0.2, 0.25) is 0 Å². The highest BCUT2D eigenvalue weighted by Gasteiger charge is 2.46. The quantitative estimate of drug-likeness (QED) is 0.218. The predicted octanol–water partition coefficient (Wildman–Crippen LogP) is 6.59. The van der Waals surface area contributed by atoms with Gasteiger partial charge < -0.3 is 5.11 Å². The first-order valence-electron chi connectivity index (χ1n) is 11.4. The first-order valence-corrected chi connectivity index (χ1v) is 11.4. The van der Waals surface area contributed by atoms with E-state index >= 15 is 0 Å². The van der Waals surface area contributed by atoms with Gasteiger partial charge in [-0.2, -0.15) is 0 Å². The molecule has 4 heteroatoms. The van der Waals surface area contributed by atoms with Gasteiger partial charge in [-0.05, 0) is 46.0 Å². The molecule has 0 bridgehead atoms. The van der Waals surface area contributed by atoms with Crippen molar-refractivity contribution in [3.8, 4) is 0 Å². The van der Waals surface area contributed by atoms with Crippen molar-refractivity contribution in [2.75, 3.05) is 4.90 Å². The van der Waals surface area contributed by atoms with Gasteiger partial charge in [0.1, 0.15) is 5.76 Å². The van der Waals surface area contributed by atoms with E-state index in [1.165, 1.54) is 4.90 Å². The van der Waals surface area contributed by atoms with E-state index in [1.54, 1.807) is 6.07 Å². The Morgan fingerprint density at radius 3 is 2.12 bits per heavy atom. The molecule has 0 spiro atoms. The van der Waals surface area contributed by atoms with E-state index in [-0.39, 0.29) is 11.3 Å². The third-order valence-corrected chi connectivity index (χ3v) is 6.42. The maximum absolute atomic E-state index is 13.3. The van der Waals surface area contributed by atoms with Gasteiger partial charge in [0.05, 0.1) is 11.6 Å². The second kappa shape index (κ2) is 8.64. The summed E-state index contributed by atoms with van der Waals surface area (Å²) in [6, 6.07) is 29.7. The van der Waals surface area contributed by atoms with Gasteiger partial charge >= 0.3 is 0 Å². The number of aliphatic hydroxyl groups excluding tert-OH is 1. The molecule has 1 fully saturated rings. The molecule has 0 saturated carbocycles. The topological polar surface area (TPSA) is 57.6 Å². The van der Waals surface area contributed by atoms with Crippen LogP contribution in [0.2, 0.25) is 0 Å². The molecule has 0 aliphatic carbocycles. The van der Waals surface area contributed by atoms with Crippen molar-refractivity contribution in [1.29, 1.82) is 0 Å². The number of benzene rings is 4. The highest BCUT2D eigenvalue weighted by molar-refractivity contribution is 6.51. The number of rotatable bonds is 4. The van der Waals surface area contributed by atoms with E-state index in [9.17, 15) is 14.7 Å². The van der Waals surface area contributed by atoms with Crippen LogP contribution in [-0.2, 0) is 9.59 Å². The van der Waals surface area contributed by atoms with Gasteiger partial charge in [-0.25, -0.2) is 0 Å². The summed E-state index contributed by atoms with van der Waals surface area (Å²) in [4.78, 5) is 28.1. The van der Waals surface area contributed by atoms with Gasteiger partial charge in [0, 0.05) is 11.3 Å². The first kappa shape index (κ1) is 21.7. The van der Waals surface area contributed by atoms with E-state index < -0.39 is 17.7 Å². The number of aliphatic hydroxyl groups is 1.